The number of carbonyl (C=O) groups is 3. The van der Waals surface area contributed by atoms with Crippen molar-refractivity contribution in [2.45, 2.75) is 62.1 Å². The van der Waals surface area contributed by atoms with Crippen LogP contribution in [0.3, 0.4) is 0 Å². The maximum Gasteiger partial charge on any atom is 0.253 e. The molecule has 3 amide bonds. The van der Waals surface area contributed by atoms with Gasteiger partial charge in [0.1, 0.15) is 17.4 Å². The Hall–Kier alpha value is -3.18. The van der Waals surface area contributed by atoms with E-state index < -0.39 is 29.6 Å². The summed E-state index contributed by atoms with van der Waals surface area (Å²) >= 11 is 10.5. The molecule has 3 saturated heterocycles. The molecule has 11 heteroatoms. The minimum absolute atomic E-state index is 0.0408. The summed E-state index contributed by atoms with van der Waals surface area (Å²) in [6.07, 6.45) is 4.89. The number of para-hydroxylation sites is 1. The van der Waals surface area contributed by atoms with Gasteiger partial charge in [0.15, 0.2) is 0 Å². The molecule has 6 atom stereocenters. The van der Waals surface area contributed by atoms with Gasteiger partial charge in [0, 0.05) is 36.8 Å². The van der Waals surface area contributed by atoms with Gasteiger partial charge < -0.3 is 29.3 Å². The van der Waals surface area contributed by atoms with Gasteiger partial charge in [0.2, 0.25) is 11.8 Å². The van der Waals surface area contributed by atoms with Crippen LogP contribution >= 0.6 is 27.5 Å². The maximum atomic E-state index is 14.9. The lowest BCUT2D eigenvalue weighted by molar-refractivity contribution is -0.140. The average Bonchev–Trinajstić information content (AvgIpc) is 3.64. The summed E-state index contributed by atoms with van der Waals surface area (Å²) < 4.78 is 12.4. The number of fused-ring (bicyclic) bond motifs is 1. The maximum absolute atomic E-state index is 14.9. The molecule has 3 aliphatic heterocycles. The lowest BCUT2D eigenvalue weighted by Crippen LogP contribution is -2.57. The molecular weight excluding hydrogens is 686 g/mol. The van der Waals surface area contributed by atoms with E-state index in [0.29, 0.717) is 54.4 Å². The summed E-state index contributed by atoms with van der Waals surface area (Å²) in [6.45, 7) is 12.8. The van der Waals surface area contributed by atoms with E-state index in [9.17, 15) is 19.5 Å². The number of benzene rings is 2. The number of likely N-dealkylation sites (tertiary alicyclic amines) is 1. The van der Waals surface area contributed by atoms with Crippen molar-refractivity contribution in [2.24, 2.45) is 11.8 Å². The first-order valence-corrected chi connectivity index (χ1v) is 17.5. The van der Waals surface area contributed by atoms with E-state index in [1.54, 1.807) is 32.9 Å². The van der Waals surface area contributed by atoms with Crippen molar-refractivity contribution < 1.29 is 29.0 Å². The van der Waals surface area contributed by atoms with Gasteiger partial charge in [-0.15, -0.1) is 13.2 Å². The van der Waals surface area contributed by atoms with E-state index in [1.807, 2.05) is 50.2 Å². The summed E-state index contributed by atoms with van der Waals surface area (Å²) in [5, 5.41) is 9.80. The van der Waals surface area contributed by atoms with Crippen LogP contribution in [-0.4, -0.2) is 83.2 Å². The Morgan fingerprint density at radius 2 is 1.81 bits per heavy atom. The Labute approximate surface area is 290 Å². The quantitative estimate of drug-likeness (QED) is 0.144. The Balaban J connectivity index is 1.57. The minimum Gasteiger partial charge on any atom is -0.494 e. The first kappa shape index (κ1) is 35.1. The fourth-order valence-electron chi connectivity index (χ4n) is 7.56. The number of aryl methyl sites for hydroxylation is 1. The Morgan fingerprint density at radius 3 is 2.45 bits per heavy atom. The predicted molar refractivity (Wildman–Crippen MR) is 187 cm³/mol. The van der Waals surface area contributed by atoms with Crippen molar-refractivity contribution in [3.63, 3.8) is 0 Å². The number of halogens is 2. The molecule has 3 fully saturated rings. The van der Waals surface area contributed by atoms with Gasteiger partial charge >= 0.3 is 0 Å². The number of hydrogen-bond donors (Lipinski definition) is 1. The van der Waals surface area contributed by atoms with Crippen LogP contribution in [-0.2, 0) is 19.1 Å². The first-order chi connectivity index (χ1) is 22.6. The molecule has 9 nitrogen and oxygen atoms in total. The van der Waals surface area contributed by atoms with E-state index in [2.05, 4.69) is 29.1 Å². The third kappa shape index (κ3) is 6.37. The number of carbonyl (C=O) groups excluding carboxylic acids is 3. The number of unbranched alkanes of at least 4 members (excludes halogenated alkanes) is 2. The second-order valence-corrected chi connectivity index (χ2v) is 13.9. The molecule has 5 rings (SSSR count). The van der Waals surface area contributed by atoms with Gasteiger partial charge in [-0.05, 0) is 75.4 Å². The number of rotatable bonds is 15. The van der Waals surface area contributed by atoms with Crippen LogP contribution in [0.5, 0.6) is 5.75 Å². The van der Waals surface area contributed by atoms with Crippen LogP contribution in [0, 0.1) is 18.8 Å². The number of hydrogen-bond acceptors (Lipinski definition) is 6. The molecule has 0 aliphatic carbocycles. The van der Waals surface area contributed by atoms with Crippen LogP contribution in [0.2, 0.25) is 5.02 Å². The molecule has 1 spiro atoms. The molecule has 3 aliphatic rings. The van der Waals surface area contributed by atoms with Crippen LogP contribution in [0.4, 0.5) is 11.4 Å². The standard InChI is InChI=1S/C36H43BrClN3O6/c1-5-18-39(24-14-16-25(17-15-24)46-7-3)33(43)28-29-34(44)41(20-9-8-10-21-42)32(36(29)22-26(37)31(28)47-36)35(45)40(19-6-2)30-23(4)12-11-13-27(30)38/h5-6,11-17,26,28-29,31-32,42H,1-2,7-10,18-22H2,3-4H3/t26?,28-,29-,31-,32?,36?/m0/s1. The molecule has 0 saturated carbocycles. The molecule has 0 radical (unpaired) electrons. The zero-order valence-corrected chi connectivity index (χ0v) is 29.3. The highest BCUT2D eigenvalue weighted by molar-refractivity contribution is 9.09. The molecule has 0 aromatic heterocycles. The SMILES string of the molecule is C=CCN(C(=O)[C@H]1[C@H]2C(=O)N(CCCCCO)C(C(=O)N(CC=C)c3c(C)cccc3Cl)C23CC(Br)[C@@H]1O3)c1ccc(OCC)cc1. The van der Waals surface area contributed by atoms with Gasteiger partial charge in [0.25, 0.3) is 5.91 Å². The van der Waals surface area contributed by atoms with Crippen molar-refractivity contribution in [2.75, 3.05) is 42.6 Å². The van der Waals surface area contributed by atoms with Crippen LogP contribution in [0.1, 0.15) is 38.2 Å². The number of alkyl halides is 1. The molecule has 1 N–H and O–H groups in total. The smallest absolute Gasteiger partial charge is 0.253 e. The van der Waals surface area contributed by atoms with E-state index in [-0.39, 0.29) is 48.8 Å². The fourth-order valence-corrected chi connectivity index (χ4v) is 8.82. The average molecular weight is 729 g/mol. The monoisotopic (exact) mass is 727 g/mol. The normalized spacial score (nSPS) is 25.9. The van der Waals surface area contributed by atoms with E-state index in [1.165, 1.54) is 0 Å². The lowest BCUT2D eigenvalue weighted by Gasteiger charge is -2.38. The number of anilines is 2. The third-order valence-electron chi connectivity index (χ3n) is 9.44. The summed E-state index contributed by atoms with van der Waals surface area (Å²) in [5.74, 6) is -1.88. The molecule has 2 bridgehead atoms. The van der Waals surface area contributed by atoms with Gasteiger partial charge in [0.05, 0.1) is 35.3 Å². The third-order valence-corrected chi connectivity index (χ3v) is 10.6. The highest BCUT2D eigenvalue weighted by Crippen LogP contribution is 2.60. The number of amides is 3. The summed E-state index contributed by atoms with van der Waals surface area (Å²) in [4.78, 5) is 48.7. The first-order valence-electron chi connectivity index (χ1n) is 16.2. The molecule has 252 valence electrons. The van der Waals surface area contributed by atoms with Gasteiger partial charge in [-0.25, -0.2) is 0 Å². The number of aliphatic hydroxyl groups excluding tert-OH is 1. The Morgan fingerprint density at radius 1 is 1.11 bits per heavy atom. The van der Waals surface area contributed by atoms with Gasteiger partial charge in [-0.3, -0.25) is 14.4 Å². The minimum atomic E-state index is -1.24. The second kappa shape index (κ2) is 14.9. The highest BCUT2D eigenvalue weighted by Gasteiger charge is 2.77. The van der Waals surface area contributed by atoms with E-state index >= 15 is 0 Å². The molecule has 47 heavy (non-hydrogen) atoms. The topological polar surface area (TPSA) is 99.6 Å². The van der Waals surface area contributed by atoms with Gasteiger partial charge in [-0.2, -0.15) is 0 Å². The van der Waals surface area contributed by atoms with Crippen molar-refractivity contribution in [3.05, 3.63) is 78.4 Å². The van der Waals surface area contributed by atoms with E-state index in [4.69, 9.17) is 21.1 Å². The summed E-state index contributed by atoms with van der Waals surface area (Å²) in [6, 6.07) is 11.7. The zero-order valence-electron chi connectivity index (χ0n) is 26.9. The predicted octanol–water partition coefficient (Wildman–Crippen LogP) is 5.70. The highest BCUT2D eigenvalue weighted by atomic mass is 79.9. The van der Waals surface area contributed by atoms with Crippen LogP contribution in [0.15, 0.2) is 67.8 Å². The Kier molecular flexibility index (Phi) is 11.2. The molecular formula is C36H43BrClN3O6. The fraction of sp³-hybridized carbons (Fsp3) is 0.472. The summed E-state index contributed by atoms with van der Waals surface area (Å²) in [5.41, 5.74) is 0.762. The zero-order chi connectivity index (χ0) is 33.9. The van der Waals surface area contributed by atoms with Crippen molar-refractivity contribution in [1.29, 1.82) is 0 Å². The molecule has 2 aromatic rings. The number of ether oxygens (including phenoxy) is 2. The summed E-state index contributed by atoms with van der Waals surface area (Å²) in [7, 11) is 0. The number of nitrogens with zero attached hydrogens (tertiary/aromatic N) is 3. The van der Waals surface area contributed by atoms with Crippen LogP contribution < -0.4 is 14.5 Å². The van der Waals surface area contributed by atoms with Gasteiger partial charge in [-0.1, -0.05) is 51.8 Å². The molecule has 3 heterocycles. The second-order valence-electron chi connectivity index (χ2n) is 12.3. The van der Waals surface area contributed by atoms with Crippen molar-refractivity contribution in [1.82, 2.24) is 4.90 Å². The molecule has 2 aromatic carbocycles. The van der Waals surface area contributed by atoms with Crippen molar-refractivity contribution in [3.8, 4) is 5.75 Å². The van der Waals surface area contributed by atoms with E-state index in [0.717, 1.165) is 5.56 Å². The largest absolute Gasteiger partial charge is 0.494 e. The van der Waals surface area contributed by atoms with Crippen LogP contribution in [0.25, 0.3) is 0 Å². The number of aliphatic hydroxyl groups is 1. The Bertz CT molecular complexity index is 1480. The molecule has 3 unspecified atom stereocenters. The van der Waals surface area contributed by atoms with Crippen molar-refractivity contribution >= 4 is 56.6 Å². The lowest BCUT2D eigenvalue weighted by atomic mass is 9.70.